The minimum Gasteiger partial charge on any atom is -0.384 e. The number of rotatable bonds is 5. The van der Waals surface area contributed by atoms with E-state index in [1.807, 2.05) is 7.11 Å². The highest BCUT2D eigenvalue weighted by molar-refractivity contribution is 4.80. The lowest BCUT2D eigenvalue weighted by atomic mass is 9.75. The summed E-state index contributed by atoms with van der Waals surface area (Å²) in [5.74, 6) is 2.48. The molecule has 1 N–H and O–H groups in total. The molecule has 0 spiro atoms. The molecule has 0 saturated heterocycles. The van der Waals surface area contributed by atoms with Crippen LogP contribution in [0.15, 0.2) is 0 Å². The zero-order valence-electron chi connectivity index (χ0n) is 10.8. The zero-order valence-corrected chi connectivity index (χ0v) is 10.8. The second-order valence-corrected chi connectivity index (χ2v) is 5.46. The molecule has 1 rings (SSSR count). The SMILES string of the molecule is COCC1CC(C)CCC1CNC(C)C. The van der Waals surface area contributed by atoms with Gasteiger partial charge in [-0.05, 0) is 37.1 Å². The summed E-state index contributed by atoms with van der Waals surface area (Å²) in [6, 6.07) is 0.604. The first-order valence-electron chi connectivity index (χ1n) is 6.35. The number of hydrogen-bond acceptors (Lipinski definition) is 2. The van der Waals surface area contributed by atoms with Crippen LogP contribution in [0.5, 0.6) is 0 Å². The standard InChI is InChI=1S/C13H27NO/c1-10(2)14-8-12-6-5-11(3)7-13(12)9-15-4/h10-14H,5-9H2,1-4H3. The van der Waals surface area contributed by atoms with E-state index in [1.165, 1.54) is 25.8 Å². The maximum absolute atomic E-state index is 5.34. The van der Waals surface area contributed by atoms with E-state index in [-0.39, 0.29) is 0 Å². The molecular formula is C13H27NO. The van der Waals surface area contributed by atoms with Crippen molar-refractivity contribution in [3.05, 3.63) is 0 Å². The molecule has 0 bridgehead atoms. The van der Waals surface area contributed by atoms with Crippen LogP contribution >= 0.6 is 0 Å². The van der Waals surface area contributed by atoms with Crippen LogP contribution in [-0.2, 0) is 4.74 Å². The van der Waals surface area contributed by atoms with E-state index in [2.05, 4.69) is 26.1 Å². The average Bonchev–Trinajstić information content (AvgIpc) is 2.17. The van der Waals surface area contributed by atoms with E-state index in [1.54, 1.807) is 0 Å². The first-order valence-corrected chi connectivity index (χ1v) is 6.35. The molecule has 0 heterocycles. The lowest BCUT2D eigenvalue weighted by Gasteiger charge is -2.35. The van der Waals surface area contributed by atoms with Crippen molar-refractivity contribution in [1.29, 1.82) is 0 Å². The van der Waals surface area contributed by atoms with Gasteiger partial charge in [0.15, 0.2) is 0 Å². The lowest BCUT2D eigenvalue weighted by molar-refractivity contribution is 0.0761. The first-order chi connectivity index (χ1) is 7.13. The first kappa shape index (κ1) is 13.0. The fourth-order valence-electron chi connectivity index (χ4n) is 2.64. The number of ether oxygens (including phenoxy) is 1. The topological polar surface area (TPSA) is 21.3 Å². The summed E-state index contributed by atoms with van der Waals surface area (Å²) in [6.45, 7) is 8.91. The van der Waals surface area contributed by atoms with Gasteiger partial charge in [-0.15, -0.1) is 0 Å². The summed E-state index contributed by atoms with van der Waals surface area (Å²) in [4.78, 5) is 0. The van der Waals surface area contributed by atoms with Gasteiger partial charge in [0.25, 0.3) is 0 Å². The van der Waals surface area contributed by atoms with E-state index in [0.717, 1.165) is 24.4 Å². The molecule has 0 aromatic carbocycles. The van der Waals surface area contributed by atoms with Crippen LogP contribution in [0.3, 0.4) is 0 Å². The summed E-state index contributed by atoms with van der Waals surface area (Å²) >= 11 is 0. The van der Waals surface area contributed by atoms with Crippen molar-refractivity contribution in [3.63, 3.8) is 0 Å². The summed E-state index contributed by atoms with van der Waals surface area (Å²) in [6.07, 6.45) is 4.11. The Kier molecular flexibility index (Phi) is 5.62. The Morgan fingerprint density at radius 2 is 2.00 bits per heavy atom. The van der Waals surface area contributed by atoms with E-state index in [4.69, 9.17) is 4.74 Å². The summed E-state index contributed by atoms with van der Waals surface area (Å²) in [5, 5.41) is 3.56. The minimum atomic E-state index is 0.604. The Morgan fingerprint density at radius 1 is 1.27 bits per heavy atom. The fraction of sp³-hybridized carbons (Fsp3) is 1.00. The summed E-state index contributed by atoms with van der Waals surface area (Å²) < 4.78 is 5.34. The second kappa shape index (κ2) is 6.49. The van der Waals surface area contributed by atoms with Gasteiger partial charge in [-0.1, -0.05) is 27.2 Å². The molecule has 1 aliphatic carbocycles. The van der Waals surface area contributed by atoms with Crippen LogP contribution < -0.4 is 5.32 Å². The molecule has 1 fully saturated rings. The van der Waals surface area contributed by atoms with Gasteiger partial charge >= 0.3 is 0 Å². The summed E-state index contributed by atoms with van der Waals surface area (Å²) in [7, 11) is 1.83. The fourth-order valence-corrected chi connectivity index (χ4v) is 2.64. The molecule has 0 radical (unpaired) electrons. The average molecular weight is 213 g/mol. The highest BCUT2D eigenvalue weighted by Gasteiger charge is 2.28. The van der Waals surface area contributed by atoms with Crippen molar-refractivity contribution in [3.8, 4) is 0 Å². The van der Waals surface area contributed by atoms with Crippen molar-refractivity contribution in [1.82, 2.24) is 5.32 Å². The number of nitrogens with one attached hydrogen (secondary N) is 1. The molecule has 90 valence electrons. The van der Waals surface area contributed by atoms with Crippen molar-refractivity contribution in [2.45, 2.75) is 46.1 Å². The molecule has 1 aliphatic rings. The molecule has 0 aliphatic heterocycles. The third-order valence-corrected chi connectivity index (χ3v) is 3.57. The van der Waals surface area contributed by atoms with E-state index >= 15 is 0 Å². The Labute approximate surface area is 94.8 Å². The molecule has 2 heteroatoms. The maximum Gasteiger partial charge on any atom is 0.0493 e. The smallest absolute Gasteiger partial charge is 0.0493 e. The van der Waals surface area contributed by atoms with Crippen LogP contribution in [0.25, 0.3) is 0 Å². The van der Waals surface area contributed by atoms with Gasteiger partial charge in [0.2, 0.25) is 0 Å². The monoisotopic (exact) mass is 213 g/mol. The Hall–Kier alpha value is -0.0800. The van der Waals surface area contributed by atoms with Gasteiger partial charge in [-0.25, -0.2) is 0 Å². The molecule has 0 amide bonds. The van der Waals surface area contributed by atoms with Gasteiger partial charge in [-0.2, -0.15) is 0 Å². The van der Waals surface area contributed by atoms with E-state index in [9.17, 15) is 0 Å². The zero-order chi connectivity index (χ0) is 11.3. The Bertz CT molecular complexity index is 170. The van der Waals surface area contributed by atoms with Crippen molar-refractivity contribution in [2.75, 3.05) is 20.3 Å². The minimum absolute atomic E-state index is 0.604. The van der Waals surface area contributed by atoms with E-state index in [0.29, 0.717) is 6.04 Å². The Balaban J connectivity index is 2.37. The molecule has 0 aromatic rings. The number of methoxy groups -OCH3 is 1. The largest absolute Gasteiger partial charge is 0.384 e. The number of hydrogen-bond donors (Lipinski definition) is 1. The molecule has 3 atom stereocenters. The molecular weight excluding hydrogens is 186 g/mol. The molecule has 2 nitrogen and oxygen atoms in total. The van der Waals surface area contributed by atoms with Crippen molar-refractivity contribution in [2.24, 2.45) is 17.8 Å². The van der Waals surface area contributed by atoms with Gasteiger partial charge in [0.05, 0.1) is 0 Å². The third kappa shape index (κ3) is 4.52. The van der Waals surface area contributed by atoms with Crippen LogP contribution in [-0.4, -0.2) is 26.3 Å². The highest BCUT2D eigenvalue weighted by atomic mass is 16.5. The molecule has 3 unspecified atom stereocenters. The molecule has 1 saturated carbocycles. The predicted molar refractivity (Wildman–Crippen MR) is 65.0 cm³/mol. The highest BCUT2D eigenvalue weighted by Crippen LogP contribution is 2.33. The van der Waals surface area contributed by atoms with Crippen molar-refractivity contribution >= 4 is 0 Å². The quantitative estimate of drug-likeness (QED) is 0.758. The van der Waals surface area contributed by atoms with Gasteiger partial charge in [0.1, 0.15) is 0 Å². The Morgan fingerprint density at radius 3 is 2.60 bits per heavy atom. The third-order valence-electron chi connectivity index (χ3n) is 3.57. The molecule has 15 heavy (non-hydrogen) atoms. The van der Waals surface area contributed by atoms with Crippen LogP contribution in [0.4, 0.5) is 0 Å². The van der Waals surface area contributed by atoms with Crippen LogP contribution in [0.2, 0.25) is 0 Å². The molecule has 0 aromatic heterocycles. The maximum atomic E-state index is 5.34. The van der Waals surface area contributed by atoms with Crippen LogP contribution in [0.1, 0.15) is 40.0 Å². The van der Waals surface area contributed by atoms with E-state index < -0.39 is 0 Å². The van der Waals surface area contributed by atoms with Crippen LogP contribution in [0, 0.1) is 17.8 Å². The van der Waals surface area contributed by atoms with Gasteiger partial charge < -0.3 is 10.1 Å². The van der Waals surface area contributed by atoms with Gasteiger partial charge in [-0.3, -0.25) is 0 Å². The predicted octanol–water partition coefficient (Wildman–Crippen LogP) is 2.68. The van der Waals surface area contributed by atoms with Gasteiger partial charge in [0, 0.05) is 19.8 Å². The summed E-state index contributed by atoms with van der Waals surface area (Å²) in [5.41, 5.74) is 0. The second-order valence-electron chi connectivity index (χ2n) is 5.46. The van der Waals surface area contributed by atoms with Crippen molar-refractivity contribution < 1.29 is 4.74 Å². The lowest BCUT2D eigenvalue weighted by Crippen LogP contribution is -2.37. The normalized spacial score (nSPS) is 32.2.